The van der Waals surface area contributed by atoms with Gasteiger partial charge in [0.25, 0.3) is 0 Å². The molecule has 0 aliphatic carbocycles. The maximum absolute atomic E-state index is 11.2. The van der Waals surface area contributed by atoms with Crippen LogP contribution < -0.4 is 28.3 Å². The first-order chi connectivity index (χ1) is 17.8. The summed E-state index contributed by atoms with van der Waals surface area (Å²) < 4.78 is 15.8. The second-order valence-corrected chi connectivity index (χ2v) is 8.11. The minimum Gasteiger partial charge on any atom is -0.870 e. The molecular formula is C30H35LiN2O8. The standard InChI is InChI=1S/C15H15NO3.C14H13NO3.CH4.Li.2H2O/c1-11-4-3-5-13(8-11)19-10-12-6-7-14(16-9-12)15(17)18-2;1-10-3-2-4-12(7-10)18-9-11-5-6-13(14(16)17)15-8-11;;;;/h3-9H,10H2,1-2H3;2-8H,9H2,1H3,(H,16,17);1H4;;2*1H2/q;;;+1;;/p-1. The molecule has 4 N–H and O–H groups in total. The zero-order valence-electron chi connectivity index (χ0n) is 22.8. The number of aromatic carboxylic acids is 1. The van der Waals surface area contributed by atoms with Gasteiger partial charge >= 0.3 is 30.8 Å². The van der Waals surface area contributed by atoms with Crippen molar-refractivity contribution in [3.63, 3.8) is 0 Å². The molecule has 0 atom stereocenters. The van der Waals surface area contributed by atoms with Crippen LogP contribution in [0.4, 0.5) is 0 Å². The van der Waals surface area contributed by atoms with E-state index in [1.54, 1.807) is 24.4 Å². The maximum Gasteiger partial charge on any atom is 1.00 e. The molecule has 4 aromatic rings. The summed E-state index contributed by atoms with van der Waals surface area (Å²) in [7, 11) is 1.33. The summed E-state index contributed by atoms with van der Waals surface area (Å²) >= 11 is 0. The molecule has 4 rings (SSSR count). The first kappa shape index (κ1) is 38.9. The number of pyridine rings is 2. The molecular weight excluding hydrogens is 523 g/mol. The predicted octanol–water partition coefficient (Wildman–Crippen LogP) is 2.06. The van der Waals surface area contributed by atoms with Gasteiger partial charge in [-0.2, -0.15) is 0 Å². The molecule has 0 saturated carbocycles. The number of aromatic nitrogens is 2. The number of carbonyl (C=O) groups excluding carboxylic acids is 1. The average molecular weight is 559 g/mol. The van der Waals surface area contributed by atoms with Crippen molar-refractivity contribution in [2.45, 2.75) is 34.5 Å². The Kier molecular flexibility index (Phi) is 18.8. The summed E-state index contributed by atoms with van der Waals surface area (Å²) in [6.07, 6.45) is 3.13. The fourth-order valence-corrected chi connectivity index (χ4v) is 3.12. The van der Waals surface area contributed by atoms with E-state index in [4.69, 9.17) is 14.6 Å². The molecule has 11 heteroatoms. The second-order valence-electron chi connectivity index (χ2n) is 8.11. The maximum atomic E-state index is 11.2. The Labute approximate surface area is 252 Å². The molecule has 2 aromatic heterocycles. The number of carboxylic acid groups (broad SMARTS) is 1. The van der Waals surface area contributed by atoms with Crippen LogP contribution in [0.5, 0.6) is 11.5 Å². The van der Waals surface area contributed by atoms with Gasteiger partial charge in [-0.25, -0.2) is 19.6 Å². The van der Waals surface area contributed by atoms with Gasteiger partial charge < -0.3 is 30.3 Å². The van der Waals surface area contributed by atoms with E-state index in [-0.39, 0.29) is 42.9 Å². The van der Waals surface area contributed by atoms with Crippen LogP contribution in [0.25, 0.3) is 0 Å². The van der Waals surface area contributed by atoms with Crippen LogP contribution in [0.15, 0.2) is 85.2 Å². The van der Waals surface area contributed by atoms with E-state index in [0.29, 0.717) is 18.9 Å². The Bertz CT molecular complexity index is 1330. The number of benzene rings is 2. The van der Waals surface area contributed by atoms with Gasteiger partial charge in [0.05, 0.1) is 7.11 Å². The van der Waals surface area contributed by atoms with Crippen molar-refractivity contribution < 1.29 is 58.7 Å². The molecule has 10 nitrogen and oxygen atoms in total. The molecule has 0 saturated heterocycles. The number of ether oxygens (including phenoxy) is 3. The topological polar surface area (TPSA) is 169 Å². The van der Waals surface area contributed by atoms with Crippen molar-refractivity contribution in [2.24, 2.45) is 0 Å². The van der Waals surface area contributed by atoms with Crippen molar-refractivity contribution in [2.75, 3.05) is 7.11 Å². The van der Waals surface area contributed by atoms with Gasteiger partial charge in [0.2, 0.25) is 0 Å². The third-order valence-electron chi connectivity index (χ3n) is 5.05. The van der Waals surface area contributed by atoms with Crippen LogP contribution in [0.1, 0.15) is 50.7 Å². The van der Waals surface area contributed by atoms with Gasteiger partial charge in [-0.1, -0.05) is 43.8 Å². The first-order valence-electron chi connectivity index (χ1n) is 11.4. The van der Waals surface area contributed by atoms with Crippen LogP contribution in [-0.2, 0) is 18.0 Å². The van der Waals surface area contributed by atoms with Crippen molar-refractivity contribution in [1.82, 2.24) is 9.97 Å². The van der Waals surface area contributed by atoms with Crippen LogP contribution in [0.3, 0.4) is 0 Å². The first-order valence-corrected chi connectivity index (χ1v) is 11.4. The van der Waals surface area contributed by atoms with E-state index in [0.717, 1.165) is 33.8 Å². The van der Waals surface area contributed by atoms with Crippen molar-refractivity contribution in [3.05, 3.63) is 119 Å². The van der Waals surface area contributed by atoms with Gasteiger partial charge in [-0.3, -0.25) is 0 Å². The van der Waals surface area contributed by atoms with Crippen LogP contribution >= 0.6 is 0 Å². The third-order valence-corrected chi connectivity index (χ3v) is 5.05. The zero-order valence-corrected chi connectivity index (χ0v) is 22.8. The second kappa shape index (κ2) is 19.8. The largest absolute Gasteiger partial charge is 1.00 e. The summed E-state index contributed by atoms with van der Waals surface area (Å²) in [5, 5.41) is 8.72. The van der Waals surface area contributed by atoms with E-state index in [2.05, 4.69) is 14.7 Å². The van der Waals surface area contributed by atoms with Crippen molar-refractivity contribution in [1.29, 1.82) is 0 Å². The van der Waals surface area contributed by atoms with E-state index >= 15 is 0 Å². The minimum atomic E-state index is -1.03. The monoisotopic (exact) mass is 558 g/mol. The normalized spacial score (nSPS) is 9.05. The number of esters is 1. The summed E-state index contributed by atoms with van der Waals surface area (Å²) in [6, 6.07) is 22.2. The quantitative estimate of drug-likeness (QED) is 0.251. The predicted molar refractivity (Wildman–Crippen MR) is 150 cm³/mol. The molecule has 2 heterocycles. The number of methoxy groups -OCH3 is 1. The number of hydrogen-bond donors (Lipinski definition) is 1. The van der Waals surface area contributed by atoms with Gasteiger partial charge in [0.1, 0.15) is 36.1 Å². The van der Waals surface area contributed by atoms with Gasteiger partial charge in [-0.15, -0.1) is 0 Å². The van der Waals surface area contributed by atoms with E-state index in [9.17, 15) is 9.59 Å². The molecule has 0 spiro atoms. The molecule has 0 aliphatic heterocycles. The number of aryl methyl sites for hydroxylation is 2. The number of hydrogen-bond acceptors (Lipinski definition) is 8. The summed E-state index contributed by atoms with van der Waals surface area (Å²) in [5.41, 5.74) is 4.34. The Morgan fingerprint density at radius 3 is 1.54 bits per heavy atom. The Morgan fingerprint density at radius 1 is 0.756 bits per heavy atom. The molecule has 0 fully saturated rings. The SMILES string of the molecule is C.COC(=O)c1ccc(COc2cccc(C)c2)cn1.Cc1cccc(OCc2ccc(C(=O)O)nc2)c1.O.[Li+].[OH-]. The van der Waals surface area contributed by atoms with Gasteiger partial charge in [0, 0.05) is 23.5 Å². The van der Waals surface area contributed by atoms with Crippen LogP contribution in [-0.4, -0.2) is 45.1 Å². The average Bonchev–Trinajstić information content (AvgIpc) is 2.91. The Morgan fingerprint density at radius 2 is 1.20 bits per heavy atom. The molecule has 0 aliphatic rings. The number of carboxylic acids is 1. The molecule has 0 amide bonds. The van der Waals surface area contributed by atoms with E-state index in [1.807, 2.05) is 62.4 Å². The van der Waals surface area contributed by atoms with Crippen LogP contribution in [0.2, 0.25) is 0 Å². The fraction of sp³-hybridized carbons (Fsp3) is 0.200. The summed E-state index contributed by atoms with van der Waals surface area (Å²) in [6.45, 7) is 4.80. The Hall–Kier alpha value is -4.20. The number of rotatable bonds is 8. The zero-order chi connectivity index (χ0) is 26.6. The summed E-state index contributed by atoms with van der Waals surface area (Å²) in [5.74, 6) is 0.140. The smallest absolute Gasteiger partial charge is 0.870 e. The molecule has 214 valence electrons. The van der Waals surface area contributed by atoms with E-state index in [1.165, 1.54) is 19.4 Å². The number of carbonyl (C=O) groups is 2. The fourth-order valence-electron chi connectivity index (χ4n) is 3.12. The number of nitrogens with zero attached hydrogens (tertiary/aromatic N) is 2. The van der Waals surface area contributed by atoms with Gasteiger partial charge in [-0.05, 0) is 61.4 Å². The van der Waals surface area contributed by atoms with Crippen molar-refractivity contribution >= 4 is 11.9 Å². The van der Waals surface area contributed by atoms with Gasteiger partial charge in [0.15, 0.2) is 0 Å². The molecule has 2 aromatic carbocycles. The van der Waals surface area contributed by atoms with Crippen molar-refractivity contribution in [3.8, 4) is 11.5 Å². The summed E-state index contributed by atoms with van der Waals surface area (Å²) in [4.78, 5) is 29.7. The Balaban J connectivity index is 0. The third kappa shape index (κ3) is 13.1. The van der Waals surface area contributed by atoms with Crippen LogP contribution in [0, 0.1) is 13.8 Å². The molecule has 41 heavy (non-hydrogen) atoms. The molecule has 0 radical (unpaired) electrons. The van der Waals surface area contributed by atoms with E-state index < -0.39 is 11.9 Å². The minimum absolute atomic E-state index is 0. The molecule has 0 unspecified atom stereocenters. The molecule has 0 bridgehead atoms.